The fraction of sp³-hybridized carbons (Fsp3) is 0.0833. The molecule has 4 rings (SSSR count). The van der Waals surface area contributed by atoms with E-state index in [1.807, 2.05) is 42.5 Å². The molecule has 0 bridgehead atoms. The Labute approximate surface area is 181 Å². The zero-order valence-corrected chi connectivity index (χ0v) is 17.3. The minimum atomic E-state index is -0.763. The van der Waals surface area contributed by atoms with E-state index in [9.17, 15) is 19.1 Å². The van der Waals surface area contributed by atoms with Gasteiger partial charge in [0.1, 0.15) is 11.6 Å². The number of halogens is 2. The van der Waals surface area contributed by atoms with Crippen molar-refractivity contribution in [3.63, 3.8) is 0 Å². The van der Waals surface area contributed by atoms with Crippen molar-refractivity contribution < 1.29 is 19.1 Å². The summed E-state index contributed by atoms with van der Waals surface area (Å²) in [5, 5.41) is 10.9. The summed E-state index contributed by atoms with van der Waals surface area (Å²) in [7, 11) is 0. The molecule has 1 saturated heterocycles. The molecule has 30 heavy (non-hydrogen) atoms. The van der Waals surface area contributed by atoms with E-state index in [-0.39, 0.29) is 23.4 Å². The molecule has 150 valence electrons. The third kappa shape index (κ3) is 3.78. The summed E-state index contributed by atoms with van der Waals surface area (Å²) >= 11 is 3.39. The van der Waals surface area contributed by atoms with Crippen LogP contribution < -0.4 is 0 Å². The van der Waals surface area contributed by atoms with Gasteiger partial charge in [-0.05, 0) is 47.5 Å². The Hall–Kier alpha value is -3.25. The molecule has 3 aromatic rings. The van der Waals surface area contributed by atoms with Crippen LogP contribution in [0.3, 0.4) is 0 Å². The molecule has 1 atom stereocenters. The van der Waals surface area contributed by atoms with Gasteiger partial charge in [-0.25, -0.2) is 4.39 Å². The van der Waals surface area contributed by atoms with Gasteiger partial charge in [0.25, 0.3) is 11.7 Å². The summed E-state index contributed by atoms with van der Waals surface area (Å²) in [5.41, 5.74) is 1.82. The predicted molar refractivity (Wildman–Crippen MR) is 115 cm³/mol. The molecule has 0 spiro atoms. The average Bonchev–Trinajstić information content (AvgIpc) is 3.00. The van der Waals surface area contributed by atoms with E-state index in [1.54, 1.807) is 12.1 Å². The Bertz CT molecular complexity index is 1130. The normalized spacial score (nSPS) is 18.1. The lowest BCUT2D eigenvalue weighted by Crippen LogP contribution is -2.29. The SMILES string of the molecule is O=C1C(=O)N(Cc2ccccc2)C(c2ccc(Br)cc2)C1=C(O)c1ccc(F)cc1. The van der Waals surface area contributed by atoms with Gasteiger partial charge in [0.05, 0.1) is 11.6 Å². The van der Waals surface area contributed by atoms with Gasteiger partial charge in [0, 0.05) is 16.6 Å². The monoisotopic (exact) mass is 465 g/mol. The Balaban J connectivity index is 1.85. The van der Waals surface area contributed by atoms with Gasteiger partial charge >= 0.3 is 0 Å². The smallest absolute Gasteiger partial charge is 0.295 e. The molecule has 1 N–H and O–H groups in total. The summed E-state index contributed by atoms with van der Waals surface area (Å²) in [5.74, 6) is -2.23. The maximum atomic E-state index is 13.3. The number of aliphatic hydroxyl groups is 1. The first-order valence-electron chi connectivity index (χ1n) is 9.29. The van der Waals surface area contributed by atoms with Crippen molar-refractivity contribution in [2.75, 3.05) is 0 Å². The molecule has 4 nitrogen and oxygen atoms in total. The highest BCUT2D eigenvalue weighted by atomic mass is 79.9. The van der Waals surface area contributed by atoms with Crippen molar-refractivity contribution >= 4 is 33.4 Å². The summed E-state index contributed by atoms with van der Waals surface area (Å²) in [6.45, 7) is 0.215. The van der Waals surface area contributed by atoms with E-state index in [4.69, 9.17) is 0 Å². The molecule has 1 fully saturated rings. The minimum Gasteiger partial charge on any atom is -0.507 e. The number of amides is 1. The van der Waals surface area contributed by atoms with Crippen LogP contribution in [-0.2, 0) is 16.1 Å². The van der Waals surface area contributed by atoms with Gasteiger partial charge in [-0.15, -0.1) is 0 Å². The number of hydrogen-bond acceptors (Lipinski definition) is 3. The molecule has 1 amide bonds. The highest BCUT2D eigenvalue weighted by Crippen LogP contribution is 2.40. The maximum absolute atomic E-state index is 13.3. The van der Waals surface area contributed by atoms with Crippen LogP contribution in [-0.4, -0.2) is 21.7 Å². The number of likely N-dealkylation sites (tertiary alicyclic amines) is 1. The second-order valence-corrected chi connectivity index (χ2v) is 7.89. The van der Waals surface area contributed by atoms with E-state index in [2.05, 4.69) is 15.9 Å². The molecule has 3 aromatic carbocycles. The second kappa shape index (κ2) is 8.24. The van der Waals surface area contributed by atoms with Crippen LogP contribution in [0, 0.1) is 5.82 Å². The van der Waals surface area contributed by atoms with E-state index in [0.29, 0.717) is 5.56 Å². The fourth-order valence-electron chi connectivity index (χ4n) is 3.58. The van der Waals surface area contributed by atoms with Crippen molar-refractivity contribution in [1.82, 2.24) is 4.90 Å². The molecule has 1 aliphatic rings. The van der Waals surface area contributed by atoms with E-state index < -0.39 is 23.5 Å². The quantitative estimate of drug-likeness (QED) is 0.326. The van der Waals surface area contributed by atoms with Gasteiger partial charge in [-0.2, -0.15) is 0 Å². The lowest BCUT2D eigenvalue weighted by molar-refractivity contribution is -0.140. The highest BCUT2D eigenvalue weighted by Gasteiger charge is 2.46. The Morgan fingerprint density at radius 3 is 2.20 bits per heavy atom. The first-order chi connectivity index (χ1) is 14.5. The minimum absolute atomic E-state index is 0.00939. The van der Waals surface area contributed by atoms with Crippen LogP contribution in [0.2, 0.25) is 0 Å². The molecular formula is C24H17BrFNO3. The van der Waals surface area contributed by atoms with Crippen molar-refractivity contribution in [1.29, 1.82) is 0 Å². The van der Waals surface area contributed by atoms with Crippen LogP contribution in [0.5, 0.6) is 0 Å². The largest absolute Gasteiger partial charge is 0.507 e. The van der Waals surface area contributed by atoms with Crippen LogP contribution in [0.1, 0.15) is 22.7 Å². The zero-order valence-electron chi connectivity index (χ0n) is 15.8. The number of ketones is 1. The fourth-order valence-corrected chi connectivity index (χ4v) is 3.84. The second-order valence-electron chi connectivity index (χ2n) is 6.97. The molecule has 0 radical (unpaired) electrons. The molecule has 0 saturated carbocycles. The number of carbonyl (C=O) groups excluding carboxylic acids is 2. The van der Waals surface area contributed by atoms with Crippen molar-refractivity contribution in [2.45, 2.75) is 12.6 Å². The van der Waals surface area contributed by atoms with Crippen molar-refractivity contribution in [2.24, 2.45) is 0 Å². The van der Waals surface area contributed by atoms with Gasteiger partial charge in [0.2, 0.25) is 0 Å². The van der Waals surface area contributed by atoms with Crippen molar-refractivity contribution in [3.8, 4) is 0 Å². The molecular weight excluding hydrogens is 449 g/mol. The van der Waals surface area contributed by atoms with E-state index >= 15 is 0 Å². The van der Waals surface area contributed by atoms with Crippen LogP contribution in [0.15, 0.2) is 88.9 Å². The lowest BCUT2D eigenvalue weighted by Gasteiger charge is -2.25. The molecule has 0 aromatic heterocycles. The number of Topliss-reactive ketones (excluding diaryl/α,β-unsaturated/α-hetero) is 1. The van der Waals surface area contributed by atoms with Gasteiger partial charge in [-0.3, -0.25) is 9.59 Å². The number of rotatable bonds is 4. The first kappa shape index (κ1) is 20.0. The van der Waals surface area contributed by atoms with Crippen LogP contribution >= 0.6 is 15.9 Å². The zero-order chi connectivity index (χ0) is 21.3. The Morgan fingerprint density at radius 2 is 1.57 bits per heavy atom. The third-order valence-corrected chi connectivity index (χ3v) is 5.57. The highest BCUT2D eigenvalue weighted by molar-refractivity contribution is 9.10. The lowest BCUT2D eigenvalue weighted by atomic mass is 9.95. The third-order valence-electron chi connectivity index (χ3n) is 5.04. The summed E-state index contributed by atoms with van der Waals surface area (Å²) in [6.07, 6.45) is 0. The van der Waals surface area contributed by atoms with Crippen LogP contribution in [0.4, 0.5) is 4.39 Å². The number of hydrogen-bond donors (Lipinski definition) is 1. The standard InChI is InChI=1S/C24H17BrFNO3/c25-18-10-6-16(7-11-18)21-20(22(28)17-8-12-19(26)13-9-17)23(29)24(30)27(21)14-15-4-2-1-3-5-15/h1-13,21,28H,14H2. The summed E-state index contributed by atoms with van der Waals surface area (Å²) < 4.78 is 14.2. The van der Waals surface area contributed by atoms with Crippen LogP contribution in [0.25, 0.3) is 5.76 Å². The maximum Gasteiger partial charge on any atom is 0.295 e. The number of benzene rings is 3. The molecule has 1 unspecified atom stereocenters. The van der Waals surface area contributed by atoms with E-state index in [0.717, 1.165) is 10.0 Å². The molecule has 0 aliphatic carbocycles. The topological polar surface area (TPSA) is 57.6 Å². The number of aliphatic hydroxyl groups excluding tert-OH is 1. The molecule has 1 heterocycles. The number of carbonyl (C=O) groups is 2. The van der Waals surface area contributed by atoms with E-state index in [1.165, 1.54) is 29.2 Å². The van der Waals surface area contributed by atoms with Gasteiger partial charge < -0.3 is 10.0 Å². The molecule has 6 heteroatoms. The summed E-state index contributed by atoms with van der Waals surface area (Å²) in [4.78, 5) is 27.3. The first-order valence-corrected chi connectivity index (χ1v) is 10.1. The average molecular weight is 466 g/mol. The Morgan fingerprint density at radius 1 is 0.933 bits per heavy atom. The van der Waals surface area contributed by atoms with Gasteiger partial charge in [0.15, 0.2) is 0 Å². The van der Waals surface area contributed by atoms with Gasteiger partial charge in [-0.1, -0.05) is 58.4 Å². The Kier molecular flexibility index (Phi) is 5.50. The summed E-state index contributed by atoms with van der Waals surface area (Å²) in [6, 6.07) is 21.0. The van der Waals surface area contributed by atoms with Crippen molar-refractivity contribution in [3.05, 3.63) is 111 Å². The molecule has 1 aliphatic heterocycles. The number of nitrogens with zero attached hydrogens (tertiary/aromatic N) is 1. The predicted octanol–water partition coefficient (Wildman–Crippen LogP) is 5.21.